The third kappa shape index (κ3) is 3.62. The first-order valence-electron chi connectivity index (χ1n) is 8.70. The number of nitrogens with zero attached hydrogens (tertiary/aromatic N) is 4. The molecule has 0 amide bonds. The van der Waals surface area contributed by atoms with E-state index in [2.05, 4.69) is 29.4 Å². The molecule has 24 heavy (non-hydrogen) atoms. The van der Waals surface area contributed by atoms with Gasteiger partial charge in [0.2, 0.25) is 5.82 Å². The zero-order valence-corrected chi connectivity index (χ0v) is 14.3. The molecule has 3 rings (SSSR count). The fourth-order valence-electron chi connectivity index (χ4n) is 3.41. The second-order valence-corrected chi connectivity index (χ2v) is 6.20. The van der Waals surface area contributed by atoms with Crippen molar-refractivity contribution < 1.29 is 14.0 Å². The number of quaternary nitrogens is 1. The van der Waals surface area contributed by atoms with Crippen molar-refractivity contribution in [3.8, 4) is 0 Å². The van der Waals surface area contributed by atoms with Gasteiger partial charge in [-0.3, -0.25) is 0 Å². The molecule has 0 saturated carbocycles. The van der Waals surface area contributed by atoms with Crippen LogP contribution in [0, 0.1) is 5.82 Å². The largest absolute Gasteiger partial charge is 0.376 e. The monoisotopic (exact) mass is 334 g/mol. The van der Waals surface area contributed by atoms with Crippen LogP contribution in [-0.2, 0) is 11.3 Å². The first kappa shape index (κ1) is 17.0. The summed E-state index contributed by atoms with van der Waals surface area (Å²) in [6.45, 7) is 7.63. The summed E-state index contributed by atoms with van der Waals surface area (Å²) < 4.78 is 20.9. The number of tetrazole rings is 1. The van der Waals surface area contributed by atoms with Crippen molar-refractivity contribution in [1.29, 1.82) is 0 Å². The molecule has 1 N–H and O–H groups in total. The summed E-state index contributed by atoms with van der Waals surface area (Å²) >= 11 is 0. The molecule has 1 fully saturated rings. The van der Waals surface area contributed by atoms with Crippen LogP contribution in [0.15, 0.2) is 24.3 Å². The highest BCUT2D eigenvalue weighted by Gasteiger charge is 2.31. The third-order valence-corrected chi connectivity index (χ3v) is 4.74. The van der Waals surface area contributed by atoms with Gasteiger partial charge in [-0.1, -0.05) is 0 Å². The van der Waals surface area contributed by atoms with E-state index in [1.54, 1.807) is 0 Å². The van der Waals surface area contributed by atoms with Gasteiger partial charge in [0.05, 0.1) is 25.7 Å². The molecule has 0 bridgehead atoms. The van der Waals surface area contributed by atoms with Gasteiger partial charge < -0.3 is 9.64 Å². The molecule has 1 aliphatic rings. The summed E-state index contributed by atoms with van der Waals surface area (Å²) in [5.74, 6) is 0.585. The molecule has 6 nitrogen and oxygen atoms in total. The van der Waals surface area contributed by atoms with Gasteiger partial charge in [0.1, 0.15) is 5.82 Å². The van der Waals surface area contributed by atoms with Crippen LogP contribution in [0.3, 0.4) is 0 Å². The Bertz CT molecular complexity index is 635. The van der Waals surface area contributed by atoms with Gasteiger partial charge in [0.25, 0.3) is 0 Å². The standard InChI is InChI=1S/C17H24FN5O/c1-3-22(4-2)16(13-7-9-14(18)10-8-13)17-19-20-21-23(17)12-15-6-5-11-24-15/h7-10,15-16H,3-6,11-12H2,1-2H3/p+1/t15-,16-/m1/s1. The van der Waals surface area contributed by atoms with E-state index in [9.17, 15) is 4.39 Å². The van der Waals surface area contributed by atoms with E-state index in [1.807, 2.05) is 16.8 Å². The number of nitrogens with one attached hydrogen (secondary N) is 1. The molecule has 2 aromatic rings. The molecule has 0 spiro atoms. The fraction of sp³-hybridized carbons (Fsp3) is 0.588. The Kier molecular flexibility index (Phi) is 5.52. The van der Waals surface area contributed by atoms with Crippen LogP contribution in [0.25, 0.3) is 0 Å². The predicted molar refractivity (Wildman–Crippen MR) is 87.1 cm³/mol. The third-order valence-electron chi connectivity index (χ3n) is 4.74. The van der Waals surface area contributed by atoms with Gasteiger partial charge in [0, 0.05) is 12.2 Å². The maximum atomic E-state index is 13.3. The van der Waals surface area contributed by atoms with E-state index < -0.39 is 0 Å². The Morgan fingerprint density at radius 3 is 2.67 bits per heavy atom. The van der Waals surface area contributed by atoms with Crippen LogP contribution in [-0.4, -0.2) is 46.0 Å². The highest BCUT2D eigenvalue weighted by Crippen LogP contribution is 2.20. The summed E-state index contributed by atoms with van der Waals surface area (Å²) in [4.78, 5) is 1.34. The summed E-state index contributed by atoms with van der Waals surface area (Å²) in [7, 11) is 0. The Morgan fingerprint density at radius 1 is 1.29 bits per heavy atom. The molecular weight excluding hydrogens is 309 g/mol. The number of halogens is 1. The first-order chi connectivity index (χ1) is 11.7. The lowest BCUT2D eigenvalue weighted by molar-refractivity contribution is -0.923. The van der Waals surface area contributed by atoms with Gasteiger partial charge in [-0.25, -0.2) is 9.07 Å². The molecule has 1 aromatic heterocycles. The number of ether oxygens (including phenoxy) is 1. The lowest BCUT2D eigenvalue weighted by Gasteiger charge is -2.26. The fourth-order valence-corrected chi connectivity index (χ4v) is 3.41. The number of hydrogen-bond donors (Lipinski definition) is 1. The number of rotatable bonds is 7. The molecule has 0 radical (unpaired) electrons. The first-order valence-corrected chi connectivity index (χ1v) is 8.70. The van der Waals surface area contributed by atoms with E-state index in [-0.39, 0.29) is 18.0 Å². The molecular formula is C17H25FN5O+. The number of aromatic nitrogens is 4. The normalized spacial score (nSPS) is 19.1. The van der Waals surface area contributed by atoms with Crippen molar-refractivity contribution in [2.24, 2.45) is 0 Å². The lowest BCUT2D eigenvalue weighted by atomic mass is 10.0. The molecule has 1 aromatic carbocycles. The second kappa shape index (κ2) is 7.81. The van der Waals surface area contributed by atoms with E-state index in [0.717, 1.165) is 43.9 Å². The highest BCUT2D eigenvalue weighted by atomic mass is 19.1. The minimum atomic E-state index is -0.231. The van der Waals surface area contributed by atoms with Crippen molar-refractivity contribution in [1.82, 2.24) is 20.2 Å². The minimum Gasteiger partial charge on any atom is -0.376 e. The maximum absolute atomic E-state index is 13.3. The average molecular weight is 334 g/mol. The zero-order chi connectivity index (χ0) is 16.9. The van der Waals surface area contributed by atoms with E-state index >= 15 is 0 Å². The Hall–Kier alpha value is -1.86. The van der Waals surface area contributed by atoms with Crippen LogP contribution in [0.1, 0.15) is 44.1 Å². The topological polar surface area (TPSA) is 57.3 Å². The average Bonchev–Trinajstić information content (AvgIpc) is 3.26. The van der Waals surface area contributed by atoms with E-state index in [4.69, 9.17) is 4.74 Å². The maximum Gasteiger partial charge on any atom is 0.214 e. The molecule has 7 heteroatoms. The van der Waals surface area contributed by atoms with Gasteiger partial charge >= 0.3 is 0 Å². The quantitative estimate of drug-likeness (QED) is 0.821. The minimum absolute atomic E-state index is 0.0167. The SMILES string of the molecule is CC[NH+](CC)[C@H](c1ccc(F)cc1)c1nnnn1C[C@H]1CCCO1. The summed E-state index contributed by atoms with van der Waals surface area (Å²) in [6, 6.07) is 6.64. The highest BCUT2D eigenvalue weighted by molar-refractivity contribution is 5.23. The van der Waals surface area contributed by atoms with Crippen LogP contribution in [0.5, 0.6) is 0 Å². The molecule has 2 heterocycles. The van der Waals surface area contributed by atoms with Gasteiger partial charge in [-0.05, 0) is 61.4 Å². The zero-order valence-electron chi connectivity index (χ0n) is 14.3. The second-order valence-electron chi connectivity index (χ2n) is 6.20. The van der Waals surface area contributed by atoms with Gasteiger partial charge in [-0.2, -0.15) is 0 Å². The van der Waals surface area contributed by atoms with E-state index in [1.165, 1.54) is 17.0 Å². The summed E-state index contributed by atoms with van der Waals surface area (Å²) in [5.41, 5.74) is 1.03. The summed E-state index contributed by atoms with van der Waals surface area (Å²) in [6.07, 6.45) is 2.30. The molecule has 130 valence electrons. The van der Waals surface area contributed by atoms with Crippen molar-refractivity contribution >= 4 is 0 Å². The van der Waals surface area contributed by atoms with Gasteiger partial charge in [0.15, 0.2) is 6.04 Å². The van der Waals surface area contributed by atoms with Crippen LogP contribution >= 0.6 is 0 Å². The lowest BCUT2D eigenvalue weighted by Crippen LogP contribution is -3.12. The summed E-state index contributed by atoms with van der Waals surface area (Å²) in [5, 5.41) is 12.4. The predicted octanol–water partition coefficient (Wildman–Crippen LogP) is 1.01. The van der Waals surface area contributed by atoms with Gasteiger partial charge in [-0.15, -0.1) is 5.10 Å². The van der Waals surface area contributed by atoms with Crippen LogP contribution in [0.2, 0.25) is 0 Å². The number of benzene rings is 1. The molecule has 2 atom stereocenters. The molecule has 0 unspecified atom stereocenters. The van der Waals surface area contributed by atoms with Crippen molar-refractivity contribution in [2.45, 2.75) is 45.4 Å². The Balaban J connectivity index is 1.93. The van der Waals surface area contributed by atoms with Crippen molar-refractivity contribution in [3.63, 3.8) is 0 Å². The Labute approximate surface area is 141 Å². The van der Waals surface area contributed by atoms with E-state index in [0.29, 0.717) is 6.54 Å². The smallest absolute Gasteiger partial charge is 0.214 e. The Morgan fingerprint density at radius 2 is 2.04 bits per heavy atom. The van der Waals surface area contributed by atoms with Crippen molar-refractivity contribution in [2.75, 3.05) is 19.7 Å². The van der Waals surface area contributed by atoms with Crippen LogP contribution in [0.4, 0.5) is 4.39 Å². The van der Waals surface area contributed by atoms with Crippen LogP contribution < -0.4 is 4.90 Å². The molecule has 1 saturated heterocycles. The molecule has 0 aliphatic carbocycles. The number of hydrogen-bond acceptors (Lipinski definition) is 4. The van der Waals surface area contributed by atoms with Crippen molar-refractivity contribution in [3.05, 3.63) is 41.5 Å². The molecule has 1 aliphatic heterocycles.